The molecule has 1 aromatic carbocycles. The van der Waals surface area contributed by atoms with Crippen LogP contribution in [-0.2, 0) is 0 Å². The van der Waals surface area contributed by atoms with Crippen LogP contribution < -0.4 is 23.8 Å². The monoisotopic (exact) mass is 212 g/mol. The van der Waals surface area contributed by atoms with Crippen molar-refractivity contribution >= 4 is 31.7 Å². The van der Waals surface area contributed by atoms with Gasteiger partial charge in [-0.1, -0.05) is 55.4 Å². The van der Waals surface area contributed by atoms with E-state index in [1.54, 1.807) is 4.92 Å². The molecule has 0 amide bonds. The standard InChI is InChI=1S/C11H14PSi.Li/c1-13(2,3)11-8-9-6-4-5-7-10(9)12-11;/h4-8H,1-3H3;/q-1;+1. The van der Waals surface area contributed by atoms with Crippen molar-refractivity contribution in [2.24, 2.45) is 0 Å². The van der Waals surface area contributed by atoms with Gasteiger partial charge in [-0.3, -0.25) is 0 Å². The van der Waals surface area contributed by atoms with Crippen LogP contribution in [0.25, 0.3) is 10.5 Å². The van der Waals surface area contributed by atoms with E-state index in [2.05, 4.69) is 50.0 Å². The molecule has 2 aromatic rings. The molecule has 0 nitrogen and oxygen atoms in total. The van der Waals surface area contributed by atoms with Gasteiger partial charge in [-0.05, 0) is 0 Å². The molecule has 0 N–H and O–H groups in total. The van der Waals surface area contributed by atoms with Gasteiger partial charge in [0.1, 0.15) is 0 Å². The van der Waals surface area contributed by atoms with Crippen molar-refractivity contribution in [2.45, 2.75) is 19.6 Å². The minimum Gasteiger partial charge on any atom is -0.524 e. The van der Waals surface area contributed by atoms with Crippen molar-refractivity contribution in [3.63, 3.8) is 0 Å². The maximum absolute atomic E-state index is 2.41. The van der Waals surface area contributed by atoms with Gasteiger partial charge in [0.2, 0.25) is 0 Å². The molecular formula is C11H14LiPSi. The summed E-state index contributed by atoms with van der Waals surface area (Å²) in [5.41, 5.74) is 0. The van der Waals surface area contributed by atoms with Gasteiger partial charge in [-0.2, -0.15) is 5.12 Å². The van der Waals surface area contributed by atoms with Crippen molar-refractivity contribution in [2.75, 3.05) is 0 Å². The summed E-state index contributed by atoms with van der Waals surface area (Å²) in [6.45, 7) is 7.24. The van der Waals surface area contributed by atoms with E-state index in [-0.39, 0.29) is 18.9 Å². The molecule has 0 bridgehead atoms. The van der Waals surface area contributed by atoms with Gasteiger partial charge in [0.15, 0.2) is 0 Å². The van der Waals surface area contributed by atoms with Crippen LogP contribution in [0.15, 0.2) is 30.3 Å². The second kappa shape index (κ2) is 4.29. The maximum Gasteiger partial charge on any atom is 1.00 e. The van der Waals surface area contributed by atoms with Crippen molar-refractivity contribution in [1.29, 1.82) is 0 Å². The first-order chi connectivity index (χ1) is 6.07. The molecule has 0 atom stereocenters. The molecule has 14 heavy (non-hydrogen) atoms. The van der Waals surface area contributed by atoms with E-state index in [9.17, 15) is 0 Å². The van der Waals surface area contributed by atoms with Crippen LogP contribution in [0.3, 0.4) is 0 Å². The summed E-state index contributed by atoms with van der Waals surface area (Å²) in [6.07, 6.45) is 0. The Kier molecular flexibility index (Phi) is 3.72. The van der Waals surface area contributed by atoms with Gasteiger partial charge in [-0.25, -0.2) is 4.92 Å². The van der Waals surface area contributed by atoms with Crippen LogP contribution in [0, 0.1) is 0 Å². The molecule has 0 saturated heterocycles. The predicted molar refractivity (Wildman–Crippen MR) is 65.0 cm³/mol. The van der Waals surface area contributed by atoms with Crippen LogP contribution >= 0.6 is 8.19 Å². The average molecular weight is 212 g/mol. The van der Waals surface area contributed by atoms with Crippen molar-refractivity contribution in [1.82, 2.24) is 0 Å². The Bertz CT molecular complexity index is 395. The van der Waals surface area contributed by atoms with Crippen LogP contribution in [-0.4, -0.2) is 8.07 Å². The van der Waals surface area contributed by atoms with E-state index in [0.29, 0.717) is 0 Å². The Labute approximate surface area is 100 Å². The topological polar surface area (TPSA) is 0 Å². The summed E-state index contributed by atoms with van der Waals surface area (Å²) >= 11 is 0. The second-order valence-corrected chi connectivity index (χ2v) is 11.1. The van der Waals surface area contributed by atoms with Crippen LogP contribution in [0.1, 0.15) is 0 Å². The minimum atomic E-state index is -1.07. The van der Waals surface area contributed by atoms with E-state index < -0.39 is 8.07 Å². The van der Waals surface area contributed by atoms with E-state index in [0.717, 1.165) is 0 Å². The normalized spacial score (nSPS) is 11.9. The van der Waals surface area contributed by atoms with Gasteiger partial charge in [-0.15, -0.1) is 0 Å². The van der Waals surface area contributed by atoms with E-state index in [1.807, 2.05) is 0 Å². The van der Waals surface area contributed by atoms with Gasteiger partial charge < -0.3 is 8.19 Å². The van der Waals surface area contributed by atoms with Gasteiger partial charge in [0.25, 0.3) is 0 Å². The Hall–Kier alpha value is 0.0743. The second-order valence-electron chi connectivity index (χ2n) is 4.45. The number of benzene rings is 1. The zero-order chi connectivity index (χ0) is 9.47. The smallest absolute Gasteiger partial charge is 0.524 e. The molecule has 0 aliphatic heterocycles. The number of hydrogen-bond donors (Lipinski definition) is 0. The third-order valence-corrected chi connectivity index (χ3v) is 7.29. The molecule has 1 heterocycles. The molecule has 0 unspecified atom stereocenters. The van der Waals surface area contributed by atoms with Crippen LogP contribution in [0.2, 0.25) is 19.6 Å². The van der Waals surface area contributed by atoms with Crippen molar-refractivity contribution < 1.29 is 18.9 Å². The Morgan fingerprint density at radius 1 is 1.07 bits per heavy atom. The van der Waals surface area contributed by atoms with E-state index in [1.165, 1.54) is 18.7 Å². The van der Waals surface area contributed by atoms with Gasteiger partial charge >= 0.3 is 18.9 Å². The van der Waals surface area contributed by atoms with E-state index >= 15 is 0 Å². The van der Waals surface area contributed by atoms with Crippen molar-refractivity contribution in [3.8, 4) is 0 Å². The fourth-order valence-corrected chi connectivity index (χ4v) is 4.59. The maximum atomic E-state index is 2.41. The average Bonchev–Trinajstić information content (AvgIpc) is 2.45. The zero-order valence-corrected chi connectivity index (χ0v) is 11.2. The molecule has 0 fully saturated rings. The Balaban J connectivity index is 0.000000980. The summed E-state index contributed by atoms with van der Waals surface area (Å²) < 4.78 is 0. The fraction of sp³-hybridized carbons (Fsp3) is 0.273. The number of rotatable bonds is 1. The molecule has 0 radical (unpaired) electrons. The molecule has 0 aliphatic rings. The van der Waals surface area contributed by atoms with Gasteiger partial charge in [0, 0.05) is 8.07 Å². The van der Waals surface area contributed by atoms with Crippen LogP contribution in [0.4, 0.5) is 0 Å². The molecular weight excluding hydrogens is 198 g/mol. The first kappa shape index (κ1) is 12.1. The molecule has 2 rings (SSSR count). The minimum absolute atomic E-state index is 0. The SMILES string of the molecule is C[Si](C)(C)c1cc2ccccc2[p-]1.[Li+]. The summed E-state index contributed by atoms with van der Waals surface area (Å²) in [6, 6.07) is 11.1. The Morgan fingerprint density at radius 2 is 1.71 bits per heavy atom. The van der Waals surface area contributed by atoms with E-state index in [4.69, 9.17) is 0 Å². The summed E-state index contributed by atoms with van der Waals surface area (Å²) in [7, 11) is 0.382. The molecule has 1 aromatic heterocycles. The van der Waals surface area contributed by atoms with Crippen LogP contribution in [0.5, 0.6) is 0 Å². The molecule has 0 aliphatic carbocycles. The zero-order valence-electron chi connectivity index (χ0n) is 9.33. The predicted octanol–water partition coefficient (Wildman–Crippen LogP) is 0.688. The fourth-order valence-electron chi connectivity index (χ4n) is 1.40. The quantitative estimate of drug-likeness (QED) is 0.610. The summed E-state index contributed by atoms with van der Waals surface area (Å²) in [5.74, 6) is 0. The first-order valence-electron chi connectivity index (χ1n) is 4.60. The molecule has 0 saturated carbocycles. The third-order valence-electron chi connectivity index (χ3n) is 2.24. The third kappa shape index (κ3) is 2.36. The summed E-state index contributed by atoms with van der Waals surface area (Å²) in [4.78, 5) is 1.66. The largest absolute Gasteiger partial charge is 1.00 e. The molecule has 0 spiro atoms. The number of hydrogen-bond acceptors (Lipinski definition) is 0. The van der Waals surface area contributed by atoms with Gasteiger partial charge in [0.05, 0.1) is 0 Å². The molecule has 68 valence electrons. The summed E-state index contributed by atoms with van der Waals surface area (Å²) in [5, 5.41) is 2.92. The first-order valence-corrected chi connectivity index (χ1v) is 9.00. The Morgan fingerprint density at radius 3 is 2.29 bits per heavy atom. The molecule has 3 heteroatoms. The van der Waals surface area contributed by atoms with Crippen molar-refractivity contribution in [3.05, 3.63) is 30.3 Å². The number of fused-ring (bicyclic) bond motifs is 1.